The molecular formula is C13H14F8O5. The zero-order valence-corrected chi connectivity index (χ0v) is 13.4. The second-order valence-electron chi connectivity index (χ2n) is 4.82. The minimum absolute atomic E-state index is 0.192. The first kappa shape index (κ1) is 24.1. The van der Waals surface area contributed by atoms with Crippen molar-refractivity contribution in [3.05, 3.63) is 12.4 Å². The van der Waals surface area contributed by atoms with Gasteiger partial charge in [-0.3, -0.25) is 0 Å². The number of ether oxygens (including phenoxy) is 3. The average molecular weight is 402 g/mol. The van der Waals surface area contributed by atoms with Crippen molar-refractivity contribution in [2.75, 3.05) is 13.2 Å². The summed E-state index contributed by atoms with van der Waals surface area (Å²) < 4.78 is 116. The number of esters is 2. The molecule has 152 valence electrons. The predicted octanol–water partition coefficient (Wildman–Crippen LogP) is 3.53. The Morgan fingerprint density at radius 2 is 1.54 bits per heavy atom. The van der Waals surface area contributed by atoms with Crippen LogP contribution < -0.4 is 0 Å². The molecule has 0 aromatic rings. The van der Waals surface area contributed by atoms with Crippen molar-refractivity contribution in [3.63, 3.8) is 0 Å². The third-order valence-electron chi connectivity index (χ3n) is 2.74. The molecule has 1 atom stereocenters. The summed E-state index contributed by atoms with van der Waals surface area (Å²) in [5, 5.41) is 0. The van der Waals surface area contributed by atoms with Gasteiger partial charge in [-0.15, -0.1) is 0 Å². The van der Waals surface area contributed by atoms with Gasteiger partial charge in [0.05, 0.1) is 13.2 Å². The Labute approximate surface area is 141 Å². The summed E-state index contributed by atoms with van der Waals surface area (Å²) in [5.74, 6) is -21.0. The molecule has 5 nitrogen and oxygen atoms in total. The maximum atomic E-state index is 13.2. The SMILES string of the molecule is C=C(F)C(=O)OC(OCCC(F)(F)C(C)(F)F)(C(=O)OCC)C(F)(F)F. The molecule has 13 heteroatoms. The molecular weight excluding hydrogens is 388 g/mol. The van der Waals surface area contributed by atoms with Crippen molar-refractivity contribution < 1.29 is 58.9 Å². The van der Waals surface area contributed by atoms with Crippen molar-refractivity contribution in [3.8, 4) is 0 Å². The molecule has 0 saturated carbocycles. The van der Waals surface area contributed by atoms with Gasteiger partial charge in [0.15, 0.2) is 0 Å². The Bertz CT molecular complexity index is 540. The molecule has 0 saturated heterocycles. The van der Waals surface area contributed by atoms with Gasteiger partial charge in [-0.25, -0.2) is 18.4 Å². The highest BCUT2D eigenvalue weighted by molar-refractivity contribution is 5.89. The summed E-state index contributed by atoms with van der Waals surface area (Å²) in [7, 11) is 0. The standard InChI is InChI=1S/C13H14F8O5/c1-4-24-9(23)12(13(19,20)21,26-8(22)7(2)14)25-6-5-11(17,18)10(3,15)16/h2,4-6H2,1,3H3. The minimum atomic E-state index is -5.92. The van der Waals surface area contributed by atoms with Crippen molar-refractivity contribution >= 4 is 11.9 Å². The summed E-state index contributed by atoms with van der Waals surface area (Å²) in [4.78, 5) is 22.7. The third kappa shape index (κ3) is 5.54. The monoisotopic (exact) mass is 402 g/mol. The maximum Gasteiger partial charge on any atom is 0.468 e. The molecule has 0 bridgehead atoms. The molecule has 0 radical (unpaired) electrons. The Kier molecular flexibility index (Phi) is 7.58. The molecule has 0 aliphatic carbocycles. The van der Waals surface area contributed by atoms with Crippen LogP contribution in [0.3, 0.4) is 0 Å². The largest absolute Gasteiger partial charge is 0.468 e. The fourth-order valence-corrected chi connectivity index (χ4v) is 1.34. The quantitative estimate of drug-likeness (QED) is 0.256. The van der Waals surface area contributed by atoms with Crippen molar-refractivity contribution in [2.45, 2.75) is 44.1 Å². The topological polar surface area (TPSA) is 61.8 Å². The predicted molar refractivity (Wildman–Crippen MR) is 67.9 cm³/mol. The van der Waals surface area contributed by atoms with Gasteiger partial charge in [0, 0.05) is 13.3 Å². The van der Waals surface area contributed by atoms with Crippen molar-refractivity contribution in [2.24, 2.45) is 0 Å². The highest BCUT2D eigenvalue weighted by atomic mass is 19.4. The molecule has 0 heterocycles. The van der Waals surface area contributed by atoms with Gasteiger partial charge in [-0.1, -0.05) is 6.58 Å². The lowest BCUT2D eigenvalue weighted by Crippen LogP contribution is -2.58. The van der Waals surface area contributed by atoms with Gasteiger partial charge in [-0.2, -0.15) is 26.3 Å². The Balaban J connectivity index is 5.72. The lowest BCUT2D eigenvalue weighted by atomic mass is 10.1. The van der Waals surface area contributed by atoms with Crippen molar-refractivity contribution in [1.82, 2.24) is 0 Å². The highest BCUT2D eigenvalue weighted by Gasteiger charge is 2.68. The van der Waals surface area contributed by atoms with Gasteiger partial charge in [0.25, 0.3) is 0 Å². The summed E-state index contributed by atoms with van der Waals surface area (Å²) in [6.07, 6.45) is -7.91. The first-order chi connectivity index (χ1) is 11.5. The normalized spacial score (nSPS) is 15.2. The molecule has 0 rings (SSSR count). The average Bonchev–Trinajstić information content (AvgIpc) is 2.43. The number of halogens is 8. The van der Waals surface area contributed by atoms with Crippen LogP contribution in [0.4, 0.5) is 35.1 Å². The molecule has 0 aromatic carbocycles. The molecule has 26 heavy (non-hydrogen) atoms. The number of rotatable bonds is 9. The van der Waals surface area contributed by atoms with Gasteiger partial charge >= 0.3 is 35.7 Å². The van der Waals surface area contributed by atoms with Crippen LogP contribution in [0.5, 0.6) is 0 Å². The van der Waals surface area contributed by atoms with Crippen LogP contribution in [0.15, 0.2) is 12.4 Å². The second-order valence-corrected chi connectivity index (χ2v) is 4.82. The fraction of sp³-hybridized carbons (Fsp3) is 0.692. The van der Waals surface area contributed by atoms with E-state index in [1.54, 1.807) is 0 Å². The summed E-state index contributed by atoms with van der Waals surface area (Å²) in [5.41, 5.74) is 0. The molecule has 0 aromatic heterocycles. The Morgan fingerprint density at radius 3 is 1.88 bits per heavy atom. The van der Waals surface area contributed by atoms with Crippen LogP contribution in [-0.2, 0) is 23.8 Å². The molecule has 1 unspecified atom stereocenters. The van der Waals surface area contributed by atoms with E-state index in [9.17, 15) is 44.7 Å². The van der Waals surface area contributed by atoms with Crippen LogP contribution >= 0.6 is 0 Å². The summed E-state index contributed by atoms with van der Waals surface area (Å²) in [6.45, 7) is 0.678. The van der Waals surface area contributed by atoms with Crippen LogP contribution in [0.25, 0.3) is 0 Å². The first-order valence-electron chi connectivity index (χ1n) is 6.73. The van der Waals surface area contributed by atoms with E-state index in [-0.39, 0.29) is 6.92 Å². The first-order valence-corrected chi connectivity index (χ1v) is 6.73. The number of carbonyl (C=O) groups is 2. The number of hydrogen-bond donors (Lipinski definition) is 0. The number of hydrogen-bond acceptors (Lipinski definition) is 5. The number of carbonyl (C=O) groups excluding carboxylic acids is 2. The van der Waals surface area contributed by atoms with Gasteiger partial charge < -0.3 is 14.2 Å². The van der Waals surface area contributed by atoms with E-state index >= 15 is 0 Å². The maximum absolute atomic E-state index is 13.2. The fourth-order valence-electron chi connectivity index (χ4n) is 1.34. The Morgan fingerprint density at radius 1 is 1.04 bits per heavy atom. The number of alkyl halides is 7. The van der Waals surface area contributed by atoms with E-state index in [0.29, 0.717) is 0 Å². The third-order valence-corrected chi connectivity index (χ3v) is 2.74. The van der Waals surface area contributed by atoms with Crippen molar-refractivity contribution in [1.29, 1.82) is 0 Å². The molecule has 0 amide bonds. The molecule has 0 aliphatic heterocycles. The molecule has 0 aliphatic rings. The minimum Gasteiger partial charge on any atom is -0.461 e. The molecule has 0 spiro atoms. The summed E-state index contributed by atoms with van der Waals surface area (Å²) >= 11 is 0. The highest BCUT2D eigenvalue weighted by Crippen LogP contribution is 2.40. The van der Waals surface area contributed by atoms with E-state index in [4.69, 9.17) is 0 Å². The zero-order chi connectivity index (χ0) is 21.0. The molecule has 0 N–H and O–H groups in total. The van der Waals surface area contributed by atoms with E-state index in [1.807, 2.05) is 0 Å². The van der Waals surface area contributed by atoms with Gasteiger partial charge in [-0.05, 0) is 6.92 Å². The molecule has 0 fully saturated rings. The van der Waals surface area contributed by atoms with E-state index < -0.39 is 61.2 Å². The second kappa shape index (κ2) is 8.18. The van der Waals surface area contributed by atoms with Gasteiger partial charge in [0.2, 0.25) is 5.83 Å². The lowest BCUT2D eigenvalue weighted by Gasteiger charge is -2.32. The van der Waals surface area contributed by atoms with E-state index in [1.165, 1.54) is 0 Å². The van der Waals surface area contributed by atoms with Crippen LogP contribution in [-0.4, -0.2) is 49.0 Å². The van der Waals surface area contributed by atoms with E-state index in [0.717, 1.165) is 6.92 Å². The van der Waals surface area contributed by atoms with Crippen LogP contribution in [0.1, 0.15) is 20.3 Å². The lowest BCUT2D eigenvalue weighted by molar-refractivity contribution is -0.357. The van der Waals surface area contributed by atoms with Crippen LogP contribution in [0.2, 0.25) is 0 Å². The van der Waals surface area contributed by atoms with Crippen LogP contribution in [0, 0.1) is 0 Å². The smallest absolute Gasteiger partial charge is 0.461 e. The van der Waals surface area contributed by atoms with Gasteiger partial charge in [0.1, 0.15) is 0 Å². The zero-order valence-electron chi connectivity index (χ0n) is 13.4. The Hall–Kier alpha value is -1.92. The summed E-state index contributed by atoms with van der Waals surface area (Å²) in [6, 6.07) is 0. The van der Waals surface area contributed by atoms with E-state index in [2.05, 4.69) is 20.8 Å².